The molecule has 2 aromatic rings. The van der Waals surface area contributed by atoms with E-state index in [1.165, 1.54) is 0 Å². The lowest BCUT2D eigenvalue weighted by Crippen LogP contribution is -2.37. The summed E-state index contributed by atoms with van der Waals surface area (Å²) in [6.07, 6.45) is 3.78. The summed E-state index contributed by atoms with van der Waals surface area (Å²) in [6.45, 7) is 2.20. The van der Waals surface area contributed by atoms with Crippen molar-refractivity contribution in [1.82, 2.24) is 15.1 Å². The van der Waals surface area contributed by atoms with E-state index in [0.717, 1.165) is 12.0 Å². The fourth-order valence-electron chi connectivity index (χ4n) is 1.93. The van der Waals surface area contributed by atoms with Crippen molar-refractivity contribution in [2.75, 3.05) is 6.54 Å². The minimum atomic E-state index is -0.636. The molecule has 1 aromatic heterocycles. The fraction of sp³-hybridized carbons (Fsp3) is 0.333. The van der Waals surface area contributed by atoms with Gasteiger partial charge in [-0.1, -0.05) is 23.2 Å². The van der Waals surface area contributed by atoms with Crippen molar-refractivity contribution in [3.05, 3.63) is 46.2 Å². The Kier molecular flexibility index (Phi) is 5.69. The van der Waals surface area contributed by atoms with E-state index in [0.29, 0.717) is 22.3 Å². The first-order chi connectivity index (χ1) is 10.4. The molecule has 0 fully saturated rings. The van der Waals surface area contributed by atoms with E-state index >= 15 is 0 Å². The van der Waals surface area contributed by atoms with Gasteiger partial charge in [-0.25, -0.2) is 0 Å². The van der Waals surface area contributed by atoms with Gasteiger partial charge in [-0.15, -0.1) is 0 Å². The van der Waals surface area contributed by atoms with Crippen molar-refractivity contribution in [3.63, 3.8) is 0 Å². The van der Waals surface area contributed by atoms with Gasteiger partial charge in [-0.3, -0.25) is 9.48 Å². The molecular formula is C15H17Cl2N3O2. The van der Waals surface area contributed by atoms with Crippen LogP contribution in [0.15, 0.2) is 30.6 Å². The summed E-state index contributed by atoms with van der Waals surface area (Å²) in [5.41, 5.74) is 1.07. The first-order valence-electron chi connectivity index (χ1n) is 6.82. The quantitative estimate of drug-likeness (QED) is 0.878. The topological polar surface area (TPSA) is 56.1 Å². The molecule has 1 heterocycles. The second-order valence-electron chi connectivity index (χ2n) is 4.93. The zero-order valence-electron chi connectivity index (χ0n) is 12.3. The molecule has 0 radical (unpaired) electrons. The van der Waals surface area contributed by atoms with Gasteiger partial charge in [0.1, 0.15) is 5.75 Å². The van der Waals surface area contributed by atoms with Crippen molar-refractivity contribution in [2.45, 2.75) is 19.4 Å². The van der Waals surface area contributed by atoms with Gasteiger partial charge < -0.3 is 10.1 Å². The molecule has 0 spiro atoms. The lowest BCUT2D eigenvalue weighted by atomic mass is 10.2. The number of amides is 1. The highest BCUT2D eigenvalue weighted by Crippen LogP contribution is 2.24. The summed E-state index contributed by atoms with van der Waals surface area (Å²) in [5.74, 6) is 0.271. The van der Waals surface area contributed by atoms with Gasteiger partial charge in [0.25, 0.3) is 5.91 Å². The maximum absolute atomic E-state index is 12.0. The molecule has 1 atom stereocenters. The van der Waals surface area contributed by atoms with Crippen molar-refractivity contribution in [3.8, 4) is 5.75 Å². The van der Waals surface area contributed by atoms with Gasteiger partial charge in [0.2, 0.25) is 0 Å². The van der Waals surface area contributed by atoms with Crippen LogP contribution < -0.4 is 10.1 Å². The third kappa shape index (κ3) is 4.93. The Balaban J connectivity index is 1.81. The lowest BCUT2D eigenvalue weighted by Gasteiger charge is -2.15. The van der Waals surface area contributed by atoms with Crippen LogP contribution in [-0.2, 0) is 18.3 Å². The fourth-order valence-corrected chi connectivity index (χ4v) is 2.43. The molecule has 0 bridgehead atoms. The predicted octanol–water partition coefficient (Wildman–Crippen LogP) is 2.85. The molecule has 0 aliphatic rings. The van der Waals surface area contributed by atoms with Crippen molar-refractivity contribution in [1.29, 1.82) is 0 Å². The van der Waals surface area contributed by atoms with Crippen molar-refractivity contribution >= 4 is 29.1 Å². The van der Waals surface area contributed by atoms with Crippen LogP contribution >= 0.6 is 23.2 Å². The highest BCUT2D eigenvalue weighted by Gasteiger charge is 2.14. The first kappa shape index (κ1) is 16.6. The van der Waals surface area contributed by atoms with Gasteiger partial charge >= 0.3 is 0 Å². The van der Waals surface area contributed by atoms with E-state index in [9.17, 15) is 4.79 Å². The van der Waals surface area contributed by atoms with Crippen LogP contribution in [0.2, 0.25) is 10.0 Å². The summed E-state index contributed by atoms with van der Waals surface area (Å²) >= 11 is 11.8. The van der Waals surface area contributed by atoms with E-state index < -0.39 is 6.10 Å². The number of aromatic nitrogens is 2. The number of aryl methyl sites for hydroxylation is 1. The Morgan fingerprint density at radius 2 is 2.05 bits per heavy atom. The minimum Gasteiger partial charge on any atom is -0.481 e. The SMILES string of the molecule is C[C@@H](Oc1cc(Cl)cc(Cl)c1)C(=O)NCCc1cnn(C)c1. The van der Waals surface area contributed by atoms with E-state index in [1.54, 1.807) is 36.0 Å². The van der Waals surface area contributed by atoms with Crippen molar-refractivity contribution in [2.24, 2.45) is 7.05 Å². The summed E-state index contributed by atoms with van der Waals surface area (Å²) in [7, 11) is 1.86. The molecule has 22 heavy (non-hydrogen) atoms. The average molecular weight is 342 g/mol. The second kappa shape index (κ2) is 7.51. The van der Waals surface area contributed by atoms with E-state index in [1.807, 2.05) is 13.2 Å². The summed E-state index contributed by atoms with van der Waals surface area (Å²) < 4.78 is 7.28. The minimum absolute atomic E-state index is 0.194. The van der Waals surface area contributed by atoms with Crippen LogP contribution in [0.1, 0.15) is 12.5 Å². The maximum atomic E-state index is 12.0. The summed E-state index contributed by atoms with van der Waals surface area (Å²) in [4.78, 5) is 12.0. The van der Waals surface area contributed by atoms with Gasteiger partial charge in [0, 0.05) is 29.8 Å². The molecule has 5 nitrogen and oxygen atoms in total. The van der Waals surface area contributed by atoms with Gasteiger partial charge in [-0.05, 0) is 37.1 Å². The number of carbonyl (C=O) groups excluding carboxylic acids is 1. The molecule has 0 aliphatic carbocycles. The van der Waals surface area contributed by atoms with Crippen LogP contribution in [0.25, 0.3) is 0 Å². The van der Waals surface area contributed by atoms with E-state index in [4.69, 9.17) is 27.9 Å². The normalized spacial score (nSPS) is 12.0. The van der Waals surface area contributed by atoms with Crippen LogP contribution in [0, 0.1) is 0 Å². The zero-order valence-corrected chi connectivity index (χ0v) is 13.9. The number of rotatable bonds is 6. The molecule has 0 saturated carbocycles. The number of ether oxygens (including phenoxy) is 1. The van der Waals surface area contributed by atoms with Gasteiger partial charge in [0.05, 0.1) is 6.20 Å². The molecule has 1 aromatic carbocycles. The highest BCUT2D eigenvalue weighted by molar-refractivity contribution is 6.34. The Morgan fingerprint density at radius 3 is 2.64 bits per heavy atom. The van der Waals surface area contributed by atoms with Crippen LogP contribution in [0.3, 0.4) is 0 Å². The molecule has 118 valence electrons. The Hall–Kier alpha value is -1.72. The van der Waals surface area contributed by atoms with Gasteiger partial charge in [-0.2, -0.15) is 5.10 Å². The monoisotopic (exact) mass is 341 g/mol. The molecule has 0 aliphatic heterocycles. The Bertz CT molecular complexity index is 638. The largest absolute Gasteiger partial charge is 0.481 e. The average Bonchev–Trinajstić information content (AvgIpc) is 2.83. The highest BCUT2D eigenvalue weighted by atomic mass is 35.5. The Labute approximate surface area is 139 Å². The van der Waals surface area contributed by atoms with Crippen LogP contribution in [0.5, 0.6) is 5.75 Å². The van der Waals surface area contributed by atoms with Crippen molar-refractivity contribution < 1.29 is 9.53 Å². The smallest absolute Gasteiger partial charge is 0.260 e. The molecule has 1 N–H and O–H groups in total. The number of hydrogen-bond acceptors (Lipinski definition) is 3. The van der Waals surface area contributed by atoms with Crippen LogP contribution in [0.4, 0.5) is 0 Å². The number of halogens is 2. The molecule has 0 saturated heterocycles. The first-order valence-corrected chi connectivity index (χ1v) is 7.57. The standard InChI is InChI=1S/C15H17Cl2N3O2/c1-10(22-14-6-12(16)5-13(17)7-14)15(21)18-4-3-11-8-19-20(2)9-11/h5-10H,3-4H2,1-2H3,(H,18,21)/t10-/m1/s1. The van der Waals surface area contributed by atoms with Gasteiger partial charge in [0.15, 0.2) is 6.10 Å². The number of hydrogen-bond donors (Lipinski definition) is 1. The summed E-state index contributed by atoms with van der Waals surface area (Å²) in [5, 5.41) is 7.83. The van der Waals surface area contributed by atoms with E-state index in [-0.39, 0.29) is 5.91 Å². The third-order valence-electron chi connectivity index (χ3n) is 2.99. The molecule has 2 rings (SSSR count). The van der Waals surface area contributed by atoms with Crippen LogP contribution in [-0.4, -0.2) is 28.3 Å². The molecular weight excluding hydrogens is 325 g/mol. The number of carbonyl (C=O) groups is 1. The molecule has 1 amide bonds. The summed E-state index contributed by atoms with van der Waals surface area (Å²) in [6, 6.07) is 4.84. The maximum Gasteiger partial charge on any atom is 0.260 e. The number of benzene rings is 1. The zero-order chi connectivity index (χ0) is 16.1. The number of nitrogens with one attached hydrogen (secondary N) is 1. The second-order valence-corrected chi connectivity index (χ2v) is 5.80. The molecule has 7 heteroatoms. The predicted molar refractivity (Wildman–Crippen MR) is 86.5 cm³/mol. The molecule has 0 unspecified atom stereocenters. The van der Waals surface area contributed by atoms with E-state index in [2.05, 4.69) is 10.4 Å². The Morgan fingerprint density at radius 1 is 1.36 bits per heavy atom. The number of nitrogens with zero attached hydrogens (tertiary/aromatic N) is 2. The third-order valence-corrected chi connectivity index (χ3v) is 3.43. The lowest BCUT2D eigenvalue weighted by molar-refractivity contribution is -0.127.